The zero-order valence-corrected chi connectivity index (χ0v) is 11.6. The number of aliphatic carboxylic acids is 1. The number of hydrogen-bond acceptors (Lipinski definition) is 3. The Labute approximate surface area is 104 Å². The number of hydrogen-bond donors (Lipinski definition) is 1. The van der Waals surface area contributed by atoms with Crippen molar-refractivity contribution in [2.75, 3.05) is 13.1 Å². The number of nitrogens with zero attached hydrogens (tertiary/aromatic N) is 2. The van der Waals surface area contributed by atoms with Crippen molar-refractivity contribution in [1.82, 2.24) is 4.90 Å². The van der Waals surface area contributed by atoms with E-state index in [9.17, 15) is 4.79 Å². The molecule has 0 aliphatic rings. The zero-order valence-electron chi connectivity index (χ0n) is 11.6. The van der Waals surface area contributed by atoms with E-state index in [0.29, 0.717) is 6.54 Å². The van der Waals surface area contributed by atoms with Crippen molar-refractivity contribution in [3.8, 4) is 6.07 Å². The molecule has 0 aromatic heterocycles. The van der Waals surface area contributed by atoms with Crippen LogP contribution in [0.1, 0.15) is 47.5 Å². The minimum atomic E-state index is -0.779. The van der Waals surface area contributed by atoms with Crippen molar-refractivity contribution in [3.05, 3.63) is 0 Å². The van der Waals surface area contributed by atoms with Crippen molar-refractivity contribution in [2.24, 2.45) is 5.41 Å². The molecule has 0 saturated carbocycles. The summed E-state index contributed by atoms with van der Waals surface area (Å²) in [5.41, 5.74) is -0.423. The van der Waals surface area contributed by atoms with Crippen LogP contribution in [0.3, 0.4) is 0 Å². The average Bonchev–Trinajstić information content (AvgIpc) is 2.15. The van der Waals surface area contributed by atoms with Gasteiger partial charge in [0.25, 0.3) is 0 Å². The summed E-state index contributed by atoms with van der Waals surface area (Å²) in [6, 6.07) is 2.27. The summed E-state index contributed by atoms with van der Waals surface area (Å²) in [7, 11) is 0. The van der Waals surface area contributed by atoms with Gasteiger partial charge >= 0.3 is 5.97 Å². The van der Waals surface area contributed by atoms with Crippen LogP contribution in [-0.2, 0) is 4.79 Å². The lowest BCUT2D eigenvalue weighted by atomic mass is 9.90. The fourth-order valence-corrected chi connectivity index (χ4v) is 1.48. The lowest BCUT2D eigenvalue weighted by Gasteiger charge is -2.36. The maximum absolute atomic E-state index is 10.6. The topological polar surface area (TPSA) is 64.3 Å². The van der Waals surface area contributed by atoms with Gasteiger partial charge in [-0.15, -0.1) is 0 Å². The highest BCUT2D eigenvalue weighted by Crippen LogP contribution is 2.22. The number of rotatable bonds is 6. The van der Waals surface area contributed by atoms with Crippen LogP contribution in [0.2, 0.25) is 0 Å². The number of nitriles is 1. The summed E-state index contributed by atoms with van der Waals surface area (Å²) in [5.74, 6) is -0.779. The molecule has 98 valence electrons. The van der Waals surface area contributed by atoms with Gasteiger partial charge in [-0.1, -0.05) is 0 Å². The monoisotopic (exact) mass is 240 g/mol. The first-order valence-electron chi connectivity index (χ1n) is 5.96. The van der Waals surface area contributed by atoms with Crippen LogP contribution in [-0.4, -0.2) is 34.6 Å². The predicted octanol–water partition coefficient (Wildman–Crippen LogP) is 2.50. The Bertz CT molecular complexity index is 298. The quantitative estimate of drug-likeness (QED) is 0.774. The Kier molecular flexibility index (Phi) is 5.63. The van der Waals surface area contributed by atoms with Crippen LogP contribution >= 0.6 is 0 Å². The molecule has 0 bridgehead atoms. The van der Waals surface area contributed by atoms with Crippen LogP contribution in [0.4, 0.5) is 0 Å². The van der Waals surface area contributed by atoms with Gasteiger partial charge in [0.15, 0.2) is 0 Å². The molecule has 0 spiro atoms. The van der Waals surface area contributed by atoms with Crippen molar-refractivity contribution < 1.29 is 9.90 Å². The molecule has 0 aromatic rings. The minimum absolute atomic E-state index is 0.0685. The van der Waals surface area contributed by atoms with Crippen LogP contribution in [0.25, 0.3) is 0 Å². The normalized spacial score (nSPS) is 12.5. The molecule has 0 aliphatic heterocycles. The predicted molar refractivity (Wildman–Crippen MR) is 67.6 cm³/mol. The van der Waals surface area contributed by atoms with Crippen molar-refractivity contribution in [2.45, 2.75) is 53.0 Å². The highest BCUT2D eigenvalue weighted by Gasteiger charge is 2.25. The van der Waals surface area contributed by atoms with E-state index < -0.39 is 5.97 Å². The Morgan fingerprint density at radius 1 is 1.24 bits per heavy atom. The molecule has 0 saturated heterocycles. The SMILES string of the molecule is CC(C)(C#N)CCN(CCC(=O)O)C(C)(C)C. The number of carboxylic acid groups (broad SMARTS) is 1. The summed E-state index contributed by atoms with van der Waals surface area (Å²) in [5, 5.41) is 17.7. The summed E-state index contributed by atoms with van der Waals surface area (Å²) in [4.78, 5) is 12.7. The molecule has 0 aliphatic carbocycles. The van der Waals surface area contributed by atoms with E-state index in [0.717, 1.165) is 13.0 Å². The van der Waals surface area contributed by atoms with E-state index in [1.54, 1.807) is 0 Å². The average molecular weight is 240 g/mol. The molecule has 0 fully saturated rings. The molecule has 0 aromatic carbocycles. The molecule has 0 unspecified atom stereocenters. The van der Waals surface area contributed by atoms with Crippen LogP contribution in [0.15, 0.2) is 0 Å². The third-order valence-electron chi connectivity index (χ3n) is 2.85. The van der Waals surface area contributed by atoms with E-state index >= 15 is 0 Å². The molecule has 1 N–H and O–H groups in total. The summed E-state index contributed by atoms with van der Waals surface area (Å²) in [6.45, 7) is 11.3. The van der Waals surface area contributed by atoms with E-state index in [-0.39, 0.29) is 17.4 Å². The first kappa shape index (κ1) is 15.9. The maximum atomic E-state index is 10.6. The van der Waals surface area contributed by atoms with Crippen molar-refractivity contribution >= 4 is 5.97 Å². The van der Waals surface area contributed by atoms with Gasteiger partial charge in [-0.3, -0.25) is 9.69 Å². The van der Waals surface area contributed by atoms with Gasteiger partial charge in [0.05, 0.1) is 17.9 Å². The van der Waals surface area contributed by atoms with E-state index in [1.165, 1.54) is 0 Å². The Morgan fingerprint density at radius 2 is 1.76 bits per heavy atom. The second kappa shape index (κ2) is 6.02. The second-order valence-electron chi connectivity index (χ2n) is 6.05. The highest BCUT2D eigenvalue weighted by molar-refractivity contribution is 5.66. The summed E-state index contributed by atoms with van der Waals surface area (Å²) < 4.78 is 0. The van der Waals surface area contributed by atoms with Crippen LogP contribution < -0.4 is 0 Å². The lowest BCUT2D eigenvalue weighted by Crippen LogP contribution is -2.44. The van der Waals surface area contributed by atoms with Gasteiger partial charge in [0, 0.05) is 18.6 Å². The molecular weight excluding hydrogens is 216 g/mol. The van der Waals surface area contributed by atoms with E-state index in [2.05, 4.69) is 31.7 Å². The molecule has 4 nitrogen and oxygen atoms in total. The van der Waals surface area contributed by atoms with Gasteiger partial charge < -0.3 is 5.11 Å². The molecular formula is C13H24N2O2. The Hall–Kier alpha value is -1.08. The van der Waals surface area contributed by atoms with Gasteiger partial charge in [-0.2, -0.15) is 5.26 Å². The van der Waals surface area contributed by atoms with Crippen LogP contribution in [0, 0.1) is 16.7 Å². The van der Waals surface area contributed by atoms with Crippen LogP contribution in [0.5, 0.6) is 0 Å². The van der Waals surface area contributed by atoms with Crippen molar-refractivity contribution in [3.63, 3.8) is 0 Å². The molecule has 0 radical (unpaired) electrons. The molecule has 17 heavy (non-hydrogen) atoms. The number of carboxylic acids is 1. The van der Waals surface area contributed by atoms with Gasteiger partial charge in [0.2, 0.25) is 0 Å². The summed E-state index contributed by atoms with van der Waals surface area (Å²) >= 11 is 0. The molecule has 0 rings (SSSR count). The number of carbonyl (C=O) groups is 1. The van der Waals surface area contributed by atoms with Crippen molar-refractivity contribution in [1.29, 1.82) is 5.26 Å². The van der Waals surface area contributed by atoms with Gasteiger partial charge in [-0.25, -0.2) is 0 Å². The van der Waals surface area contributed by atoms with E-state index in [1.807, 2.05) is 13.8 Å². The molecule has 0 amide bonds. The fourth-order valence-electron chi connectivity index (χ4n) is 1.48. The second-order valence-corrected chi connectivity index (χ2v) is 6.05. The lowest BCUT2D eigenvalue weighted by molar-refractivity contribution is -0.137. The zero-order chi connectivity index (χ0) is 13.7. The third kappa shape index (κ3) is 6.96. The van der Waals surface area contributed by atoms with Gasteiger partial charge in [-0.05, 0) is 41.0 Å². The standard InChI is InChI=1S/C13H24N2O2/c1-12(2,3)15(8-6-11(16)17)9-7-13(4,5)10-14/h6-9H2,1-5H3,(H,16,17). The molecule has 0 atom stereocenters. The fraction of sp³-hybridized carbons (Fsp3) is 0.846. The first-order chi connectivity index (χ1) is 7.58. The summed E-state index contributed by atoms with van der Waals surface area (Å²) in [6.07, 6.45) is 0.893. The third-order valence-corrected chi connectivity index (χ3v) is 2.85. The molecule has 4 heteroatoms. The first-order valence-corrected chi connectivity index (χ1v) is 5.96. The Balaban J connectivity index is 4.42. The minimum Gasteiger partial charge on any atom is -0.481 e. The smallest absolute Gasteiger partial charge is 0.304 e. The molecule has 0 heterocycles. The van der Waals surface area contributed by atoms with Gasteiger partial charge in [0.1, 0.15) is 0 Å². The Morgan fingerprint density at radius 3 is 2.12 bits per heavy atom. The largest absolute Gasteiger partial charge is 0.481 e. The van der Waals surface area contributed by atoms with E-state index in [4.69, 9.17) is 10.4 Å². The maximum Gasteiger partial charge on any atom is 0.304 e. The highest BCUT2D eigenvalue weighted by atomic mass is 16.4.